The van der Waals surface area contributed by atoms with Crippen LogP contribution in [0.25, 0.3) is 0 Å². The van der Waals surface area contributed by atoms with Gasteiger partial charge in [0.25, 0.3) is 0 Å². The summed E-state index contributed by atoms with van der Waals surface area (Å²) in [5.74, 6) is 1.39. The van der Waals surface area contributed by atoms with Crippen LogP contribution in [0.2, 0.25) is 5.02 Å². The van der Waals surface area contributed by atoms with E-state index in [9.17, 15) is 0 Å². The molecular formula is C19H23ClN2OS. The van der Waals surface area contributed by atoms with Crippen molar-refractivity contribution in [1.29, 1.82) is 0 Å². The van der Waals surface area contributed by atoms with Crippen LogP contribution in [-0.4, -0.2) is 12.2 Å². The van der Waals surface area contributed by atoms with Gasteiger partial charge >= 0.3 is 0 Å². The molecule has 0 spiro atoms. The summed E-state index contributed by atoms with van der Waals surface area (Å²) in [5.41, 5.74) is 2.05. The van der Waals surface area contributed by atoms with Crippen molar-refractivity contribution in [3.05, 3.63) is 59.1 Å². The first-order valence-corrected chi connectivity index (χ1v) is 8.73. The first-order valence-electron chi connectivity index (χ1n) is 7.95. The topological polar surface area (TPSA) is 33.3 Å². The zero-order valence-corrected chi connectivity index (χ0v) is 15.7. The highest BCUT2D eigenvalue weighted by atomic mass is 35.5. The zero-order chi connectivity index (χ0) is 17.5. The lowest BCUT2D eigenvalue weighted by atomic mass is 9.97. The Labute approximate surface area is 154 Å². The van der Waals surface area contributed by atoms with E-state index in [1.807, 2.05) is 36.4 Å². The number of halogens is 1. The zero-order valence-electron chi connectivity index (χ0n) is 14.2. The predicted molar refractivity (Wildman–Crippen MR) is 106 cm³/mol. The summed E-state index contributed by atoms with van der Waals surface area (Å²) in [6, 6.07) is 15.7. The van der Waals surface area contributed by atoms with Crippen LogP contribution in [-0.2, 0) is 0 Å². The second-order valence-electron chi connectivity index (χ2n) is 6.06. The van der Waals surface area contributed by atoms with Crippen molar-refractivity contribution < 1.29 is 4.74 Å². The molecule has 128 valence electrons. The molecular weight excluding hydrogens is 340 g/mol. The average Bonchev–Trinajstić information content (AvgIpc) is 2.54. The van der Waals surface area contributed by atoms with Gasteiger partial charge in [0, 0.05) is 10.7 Å². The molecule has 3 nitrogen and oxygen atoms in total. The molecule has 1 atom stereocenters. The summed E-state index contributed by atoms with van der Waals surface area (Å²) in [7, 11) is 1.67. The van der Waals surface area contributed by atoms with Crippen molar-refractivity contribution >= 4 is 34.6 Å². The molecule has 2 N–H and O–H groups in total. The third-order valence-corrected chi connectivity index (χ3v) is 4.07. The van der Waals surface area contributed by atoms with Crippen molar-refractivity contribution in [1.82, 2.24) is 5.32 Å². The van der Waals surface area contributed by atoms with Crippen molar-refractivity contribution in [2.24, 2.45) is 5.92 Å². The van der Waals surface area contributed by atoms with Crippen LogP contribution in [0.4, 0.5) is 5.69 Å². The van der Waals surface area contributed by atoms with E-state index in [1.54, 1.807) is 7.11 Å². The summed E-state index contributed by atoms with van der Waals surface area (Å²) in [6.07, 6.45) is 0.976. The second-order valence-corrected chi connectivity index (χ2v) is 6.91. The van der Waals surface area contributed by atoms with Gasteiger partial charge in [0.05, 0.1) is 13.2 Å². The van der Waals surface area contributed by atoms with E-state index >= 15 is 0 Å². The summed E-state index contributed by atoms with van der Waals surface area (Å²) in [5, 5.41) is 7.86. The Morgan fingerprint density at radius 2 is 1.88 bits per heavy atom. The number of rotatable bonds is 6. The van der Waals surface area contributed by atoms with Gasteiger partial charge in [0.15, 0.2) is 5.11 Å². The van der Waals surface area contributed by atoms with E-state index in [0.717, 1.165) is 17.9 Å². The molecule has 5 heteroatoms. The van der Waals surface area contributed by atoms with Gasteiger partial charge in [-0.1, -0.05) is 43.6 Å². The molecule has 2 aromatic carbocycles. The maximum atomic E-state index is 6.01. The van der Waals surface area contributed by atoms with E-state index < -0.39 is 0 Å². The molecule has 2 aromatic rings. The Balaban J connectivity index is 2.08. The summed E-state index contributed by atoms with van der Waals surface area (Å²) < 4.78 is 5.23. The van der Waals surface area contributed by atoms with E-state index in [1.165, 1.54) is 5.56 Å². The molecule has 0 fully saturated rings. The molecule has 0 bridgehead atoms. The number of hydrogen-bond acceptors (Lipinski definition) is 2. The van der Waals surface area contributed by atoms with Crippen LogP contribution in [0.15, 0.2) is 48.5 Å². The predicted octanol–water partition coefficient (Wildman–Crippen LogP) is 5.42. The standard InChI is InChI=1S/C19H23ClN2OS/c1-13(2)11-18(14-7-9-17(23-3)10-8-14)22-19(24)21-16-6-4-5-15(20)12-16/h4-10,12-13,18H,11H2,1-3H3,(H2,21,22,24)/t18-/m1/s1. The fraction of sp³-hybridized carbons (Fsp3) is 0.316. The average molecular weight is 363 g/mol. The number of ether oxygens (including phenoxy) is 1. The van der Waals surface area contributed by atoms with Gasteiger partial charge in [0.1, 0.15) is 5.75 Å². The number of nitrogens with one attached hydrogen (secondary N) is 2. The third kappa shape index (κ3) is 5.69. The van der Waals surface area contributed by atoms with Gasteiger partial charge in [-0.15, -0.1) is 0 Å². The second kappa shape index (κ2) is 8.90. The van der Waals surface area contributed by atoms with Gasteiger partial charge < -0.3 is 15.4 Å². The van der Waals surface area contributed by atoms with E-state index in [-0.39, 0.29) is 6.04 Å². The molecule has 24 heavy (non-hydrogen) atoms. The lowest BCUT2D eigenvalue weighted by molar-refractivity contribution is 0.414. The normalized spacial score (nSPS) is 11.9. The van der Waals surface area contributed by atoms with Gasteiger partial charge in [-0.25, -0.2) is 0 Å². The quantitative estimate of drug-likeness (QED) is 0.672. The van der Waals surface area contributed by atoms with Crippen LogP contribution in [0, 0.1) is 5.92 Å². The molecule has 0 amide bonds. The summed E-state index contributed by atoms with van der Waals surface area (Å²) in [4.78, 5) is 0. The maximum absolute atomic E-state index is 6.01. The van der Waals surface area contributed by atoms with Crippen molar-refractivity contribution in [2.75, 3.05) is 12.4 Å². The molecule has 2 rings (SSSR count). The van der Waals surface area contributed by atoms with Crippen LogP contribution in [0.1, 0.15) is 31.9 Å². The molecule has 0 saturated heterocycles. The highest BCUT2D eigenvalue weighted by Crippen LogP contribution is 2.24. The number of methoxy groups -OCH3 is 1. The molecule has 0 aliphatic carbocycles. The van der Waals surface area contributed by atoms with Crippen LogP contribution >= 0.6 is 23.8 Å². The lowest BCUT2D eigenvalue weighted by Crippen LogP contribution is -2.33. The number of benzene rings is 2. The molecule has 0 aliphatic heterocycles. The van der Waals surface area contributed by atoms with Crippen LogP contribution < -0.4 is 15.4 Å². The van der Waals surface area contributed by atoms with Crippen LogP contribution in [0.3, 0.4) is 0 Å². The molecule has 0 saturated carbocycles. The lowest BCUT2D eigenvalue weighted by Gasteiger charge is -2.23. The number of anilines is 1. The summed E-state index contributed by atoms with van der Waals surface area (Å²) >= 11 is 11.5. The van der Waals surface area contributed by atoms with Crippen LogP contribution in [0.5, 0.6) is 5.75 Å². The van der Waals surface area contributed by atoms with Gasteiger partial charge in [-0.2, -0.15) is 0 Å². The minimum absolute atomic E-state index is 0.134. The van der Waals surface area contributed by atoms with Gasteiger partial charge in [0.2, 0.25) is 0 Å². The first kappa shape index (κ1) is 18.6. The first-order chi connectivity index (χ1) is 11.5. The molecule has 0 radical (unpaired) electrons. The largest absolute Gasteiger partial charge is 0.497 e. The third-order valence-electron chi connectivity index (χ3n) is 3.61. The Hall–Kier alpha value is -1.78. The number of thiocarbonyl (C=S) groups is 1. The minimum Gasteiger partial charge on any atom is -0.497 e. The highest BCUT2D eigenvalue weighted by Gasteiger charge is 2.15. The fourth-order valence-electron chi connectivity index (χ4n) is 2.48. The van der Waals surface area contributed by atoms with Crippen molar-refractivity contribution in [3.8, 4) is 5.75 Å². The Morgan fingerprint density at radius 3 is 2.46 bits per heavy atom. The SMILES string of the molecule is COc1ccc([C@@H](CC(C)C)NC(=S)Nc2cccc(Cl)c2)cc1. The molecule has 0 aromatic heterocycles. The monoisotopic (exact) mass is 362 g/mol. The molecule has 0 unspecified atom stereocenters. The fourth-order valence-corrected chi connectivity index (χ4v) is 2.93. The van der Waals surface area contributed by atoms with E-state index in [2.05, 4.69) is 36.6 Å². The van der Waals surface area contributed by atoms with Crippen molar-refractivity contribution in [2.45, 2.75) is 26.3 Å². The summed E-state index contributed by atoms with van der Waals surface area (Å²) in [6.45, 7) is 4.40. The van der Waals surface area contributed by atoms with Gasteiger partial charge in [-0.3, -0.25) is 0 Å². The van der Waals surface area contributed by atoms with Gasteiger partial charge in [-0.05, 0) is 60.5 Å². The highest BCUT2D eigenvalue weighted by molar-refractivity contribution is 7.80. The van der Waals surface area contributed by atoms with E-state index in [0.29, 0.717) is 16.1 Å². The minimum atomic E-state index is 0.134. The number of hydrogen-bond donors (Lipinski definition) is 2. The maximum Gasteiger partial charge on any atom is 0.171 e. The Morgan fingerprint density at radius 1 is 1.17 bits per heavy atom. The van der Waals surface area contributed by atoms with Crippen molar-refractivity contribution in [3.63, 3.8) is 0 Å². The Bertz CT molecular complexity index is 673. The molecule has 0 heterocycles. The van der Waals surface area contributed by atoms with E-state index in [4.69, 9.17) is 28.6 Å². The molecule has 0 aliphatic rings. The Kier molecular flexibility index (Phi) is 6.88. The smallest absolute Gasteiger partial charge is 0.171 e.